The molecule has 18 heavy (non-hydrogen) atoms. The van der Waals surface area contributed by atoms with E-state index in [1.54, 1.807) is 0 Å². The SMILES string of the molecule is O=C1CC2CCC(CC2)C(=O)CC2CCC1CC2. The lowest BCUT2D eigenvalue weighted by atomic mass is 9.70. The van der Waals surface area contributed by atoms with Crippen molar-refractivity contribution in [1.82, 2.24) is 0 Å². The van der Waals surface area contributed by atoms with Crippen LogP contribution in [0, 0.1) is 23.7 Å². The lowest BCUT2D eigenvalue weighted by molar-refractivity contribution is -0.128. The Morgan fingerprint density at radius 2 is 0.889 bits per heavy atom. The summed E-state index contributed by atoms with van der Waals surface area (Å²) in [6, 6.07) is 0. The first-order valence-corrected chi connectivity index (χ1v) is 7.78. The zero-order valence-electron chi connectivity index (χ0n) is 11.2. The number of Topliss-reactive ketones (excluding diaryl/α,β-unsaturated/α-hetero) is 2. The van der Waals surface area contributed by atoms with E-state index in [4.69, 9.17) is 0 Å². The molecule has 0 amide bonds. The Morgan fingerprint density at radius 1 is 0.556 bits per heavy atom. The van der Waals surface area contributed by atoms with Gasteiger partial charge in [0.05, 0.1) is 0 Å². The molecule has 6 aliphatic rings. The van der Waals surface area contributed by atoms with Crippen molar-refractivity contribution in [2.75, 3.05) is 0 Å². The number of carbonyl (C=O) groups is 2. The van der Waals surface area contributed by atoms with Gasteiger partial charge in [0.2, 0.25) is 0 Å². The second-order valence-corrected chi connectivity index (χ2v) is 6.78. The monoisotopic (exact) mass is 248 g/mol. The molecule has 6 aliphatic carbocycles. The number of carbonyl (C=O) groups excluding carboxylic acids is 2. The van der Waals surface area contributed by atoms with Crippen LogP contribution in [0.25, 0.3) is 0 Å². The molecule has 0 N–H and O–H groups in total. The maximum atomic E-state index is 12.3. The van der Waals surface area contributed by atoms with Crippen molar-refractivity contribution in [3.63, 3.8) is 0 Å². The van der Waals surface area contributed by atoms with Crippen LogP contribution in [0.1, 0.15) is 64.2 Å². The van der Waals surface area contributed by atoms with E-state index in [1.165, 1.54) is 0 Å². The van der Waals surface area contributed by atoms with Crippen LogP contribution in [0.4, 0.5) is 0 Å². The predicted molar refractivity (Wildman–Crippen MR) is 70.1 cm³/mol. The molecule has 0 heterocycles. The fraction of sp³-hybridized carbons (Fsp3) is 0.875. The third kappa shape index (κ3) is 2.53. The fourth-order valence-electron chi connectivity index (χ4n) is 4.28. The van der Waals surface area contributed by atoms with E-state index >= 15 is 0 Å². The van der Waals surface area contributed by atoms with Gasteiger partial charge in [-0.3, -0.25) is 9.59 Å². The molecule has 100 valence electrons. The second kappa shape index (κ2) is 5.14. The normalized spacial score (nSPS) is 41.6. The Bertz CT molecular complexity index is 297. The Kier molecular flexibility index (Phi) is 3.54. The van der Waals surface area contributed by atoms with Crippen molar-refractivity contribution in [3.05, 3.63) is 0 Å². The standard InChI is InChI=1S/C16H24O2/c17-15-9-11-1-5-13(6-2-11)16(18)10-12-3-7-14(15)8-4-12/h11-14H,1-10H2. The molecule has 0 aromatic heterocycles. The fourth-order valence-corrected chi connectivity index (χ4v) is 4.28. The van der Waals surface area contributed by atoms with Crippen LogP contribution in [0.2, 0.25) is 0 Å². The number of hydrogen-bond donors (Lipinski definition) is 0. The second-order valence-electron chi connectivity index (χ2n) is 6.78. The molecule has 2 nitrogen and oxygen atoms in total. The van der Waals surface area contributed by atoms with Gasteiger partial charge in [-0.1, -0.05) is 0 Å². The van der Waals surface area contributed by atoms with E-state index in [0.29, 0.717) is 35.2 Å². The molecule has 0 radical (unpaired) electrons. The summed E-state index contributed by atoms with van der Waals surface area (Å²) >= 11 is 0. The van der Waals surface area contributed by atoms with E-state index in [2.05, 4.69) is 0 Å². The lowest BCUT2D eigenvalue weighted by Gasteiger charge is -2.34. The minimum absolute atomic E-state index is 0.327. The van der Waals surface area contributed by atoms with Gasteiger partial charge in [0.1, 0.15) is 11.6 Å². The summed E-state index contributed by atoms with van der Waals surface area (Å²) in [5.41, 5.74) is 0. The summed E-state index contributed by atoms with van der Waals surface area (Å²) in [5.74, 6) is 2.88. The van der Waals surface area contributed by atoms with E-state index < -0.39 is 0 Å². The van der Waals surface area contributed by atoms with Crippen LogP contribution in [0.15, 0.2) is 0 Å². The van der Waals surface area contributed by atoms with Crippen LogP contribution in [0.3, 0.4) is 0 Å². The first-order chi connectivity index (χ1) is 8.72. The van der Waals surface area contributed by atoms with Gasteiger partial charge in [-0.25, -0.2) is 0 Å². The van der Waals surface area contributed by atoms with Crippen LogP contribution in [-0.4, -0.2) is 11.6 Å². The van der Waals surface area contributed by atoms with Gasteiger partial charge in [0.25, 0.3) is 0 Å². The average Bonchev–Trinajstić information content (AvgIpc) is 2.39. The molecular formula is C16H24O2. The summed E-state index contributed by atoms with van der Waals surface area (Å²) in [4.78, 5) is 24.5. The number of rotatable bonds is 0. The van der Waals surface area contributed by atoms with Crippen molar-refractivity contribution in [2.24, 2.45) is 23.7 Å². The van der Waals surface area contributed by atoms with Crippen molar-refractivity contribution in [1.29, 1.82) is 0 Å². The molecule has 0 aliphatic heterocycles. The highest BCUT2D eigenvalue weighted by Gasteiger charge is 2.34. The zero-order valence-corrected chi connectivity index (χ0v) is 11.2. The molecule has 0 aromatic carbocycles. The zero-order chi connectivity index (χ0) is 12.5. The highest BCUT2D eigenvalue weighted by molar-refractivity contribution is 5.83. The Hall–Kier alpha value is -0.660. The van der Waals surface area contributed by atoms with E-state index in [0.717, 1.165) is 64.2 Å². The molecule has 0 atom stereocenters. The average molecular weight is 248 g/mol. The molecule has 6 fully saturated rings. The van der Waals surface area contributed by atoms with Gasteiger partial charge in [-0.2, -0.15) is 0 Å². The van der Waals surface area contributed by atoms with E-state index in [-0.39, 0.29) is 0 Å². The summed E-state index contributed by atoms with van der Waals surface area (Å²) < 4.78 is 0. The van der Waals surface area contributed by atoms with Gasteiger partial charge in [-0.05, 0) is 63.2 Å². The molecule has 6 saturated carbocycles. The molecule has 0 unspecified atom stereocenters. The van der Waals surface area contributed by atoms with Gasteiger partial charge in [0, 0.05) is 24.7 Å². The van der Waals surface area contributed by atoms with Crippen LogP contribution < -0.4 is 0 Å². The number of ketones is 2. The largest absolute Gasteiger partial charge is 0.299 e. The Balaban J connectivity index is 1.76. The molecule has 2 heteroatoms. The quantitative estimate of drug-likeness (QED) is 0.657. The summed E-state index contributed by atoms with van der Waals surface area (Å²) in [6.07, 6.45) is 10.2. The molecule has 0 aromatic rings. The van der Waals surface area contributed by atoms with Gasteiger partial charge >= 0.3 is 0 Å². The van der Waals surface area contributed by atoms with Crippen molar-refractivity contribution in [3.8, 4) is 0 Å². The minimum Gasteiger partial charge on any atom is -0.299 e. The minimum atomic E-state index is 0.327. The third-order valence-electron chi connectivity index (χ3n) is 5.58. The first kappa shape index (κ1) is 12.4. The van der Waals surface area contributed by atoms with Crippen LogP contribution >= 0.6 is 0 Å². The number of hydrogen-bond acceptors (Lipinski definition) is 2. The summed E-state index contributed by atoms with van der Waals surface area (Å²) in [5, 5.41) is 0. The van der Waals surface area contributed by atoms with Crippen LogP contribution in [0.5, 0.6) is 0 Å². The predicted octanol–water partition coefficient (Wildman–Crippen LogP) is 3.53. The van der Waals surface area contributed by atoms with Crippen molar-refractivity contribution >= 4 is 11.6 Å². The first-order valence-electron chi connectivity index (χ1n) is 7.78. The van der Waals surface area contributed by atoms with Gasteiger partial charge in [0.15, 0.2) is 0 Å². The molecule has 0 saturated heterocycles. The molecule has 0 spiro atoms. The van der Waals surface area contributed by atoms with Gasteiger partial charge < -0.3 is 0 Å². The lowest BCUT2D eigenvalue weighted by Crippen LogP contribution is -2.30. The smallest absolute Gasteiger partial charge is 0.136 e. The maximum Gasteiger partial charge on any atom is 0.136 e. The summed E-state index contributed by atoms with van der Waals surface area (Å²) in [6.45, 7) is 0. The Labute approximate surface area is 110 Å². The van der Waals surface area contributed by atoms with Crippen molar-refractivity contribution < 1.29 is 9.59 Å². The molecule has 6 rings (SSSR count). The Morgan fingerprint density at radius 3 is 1.22 bits per heavy atom. The molecular weight excluding hydrogens is 224 g/mol. The van der Waals surface area contributed by atoms with Gasteiger partial charge in [-0.15, -0.1) is 0 Å². The highest BCUT2D eigenvalue weighted by atomic mass is 16.1. The highest BCUT2D eigenvalue weighted by Crippen LogP contribution is 2.39. The van der Waals surface area contributed by atoms with Crippen molar-refractivity contribution in [2.45, 2.75) is 64.2 Å². The van der Waals surface area contributed by atoms with E-state index in [9.17, 15) is 9.59 Å². The van der Waals surface area contributed by atoms with E-state index in [1.807, 2.05) is 0 Å². The maximum absolute atomic E-state index is 12.3. The summed E-state index contributed by atoms with van der Waals surface area (Å²) in [7, 11) is 0. The topological polar surface area (TPSA) is 34.1 Å². The third-order valence-corrected chi connectivity index (χ3v) is 5.58. The van der Waals surface area contributed by atoms with Crippen LogP contribution in [-0.2, 0) is 9.59 Å². The molecule has 4 bridgehead atoms.